The number of hydrogen-bond donors (Lipinski definition) is 0. The first-order valence-electron chi connectivity index (χ1n) is 8.60. The fourth-order valence-electron chi connectivity index (χ4n) is 5.33. The zero-order valence-electron chi connectivity index (χ0n) is 14.1. The Bertz CT molecular complexity index is 690. The number of fused-ring (bicyclic) bond motifs is 5. The van der Waals surface area contributed by atoms with Gasteiger partial charge in [-0.25, -0.2) is 4.79 Å². The number of carbonyl (C=O) groups excluding carboxylic acids is 1. The molecule has 1 saturated carbocycles. The average Bonchev–Trinajstić information content (AvgIpc) is 2.52. The van der Waals surface area contributed by atoms with Gasteiger partial charge in [0.15, 0.2) is 0 Å². The third kappa shape index (κ3) is 2.20. The third-order valence-corrected chi connectivity index (χ3v) is 6.22. The van der Waals surface area contributed by atoms with Crippen molar-refractivity contribution >= 4 is 5.97 Å². The van der Waals surface area contributed by atoms with Crippen LogP contribution in [0, 0.1) is 11.8 Å². The van der Waals surface area contributed by atoms with E-state index in [0.717, 1.165) is 31.4 Å². The summed E-state index contributed by atoms with van der Waals surface area (Å²) in [7, 11) is 1.73. The Hall–Kier alpha value is -1.77. The number of hydrogen-bond acceptors (Lipinski definition) is 3. The molecule has 4 atom stereocenters. The third-order valence-electron chi connectivity index (χ3n) is 6.22. The first kappa shape index (κ1) is 14.8. The molecular formula is C20H24O3. The Morgan fingerprint density at radius 1 is 1.30 bits per heavy atom. The maximum absolute atomic E-state index is 11.9. The van der Waals surface area contributed by atoms with E-state index in [9.17, 15) is 4.79 Å². The molecule has 1 aromatic rings. The molecule has 0 N–H and O–H groups in total. The largest absolute Gasteiger partial charge is 0.497 e. The molecule has 23 heavy (non-hydrogen) atoms. The van der Waals surface area contributed by atoms with Crippen LogP contribution in [0.3, 0.4) is 0 Å². The maximum Gasteiger partial charge on any atom is 0.331 e. The quantitative estimate of drug-likeness (QED) is 0.735. The highest BCUT2D eigenvalue weighted by atomic mass is 16.6. The molecular weight excluding hydrogens is 288 g/mol. The van der Waals surface area contributed by atoms with Crippen LogP contribution in [0.5, 0.6) is 5.75 Å². The molecule has 0 amide bonds. The second-order valence-electron chi connectivity index (χ2n) is 7.51. The second-order valence-corrected chi connectivity index (χ2v) is 7.51. The standard InChI is InChI=1S/C20H24O3/c1-12-10-18(21)23-20(2)9-8-16-15-7-5-14(22-3)11-13(15)4-6-17(16)19(12)20/h5,7,10-11,16-17,19H,4,6,8-9H2,1-3H3/t16-,17-,19+,20+/m1/s1. The molecule has 1 heterocycles. The van der Waals surface area contributed by atoms with Crippen molar-refractivity contribution in [1.82, 2.24) is 0 Å². The molecule has 3 nitrogen and oxygen atoms in total. The number of esters is 1. The van der Waals surface area contributed by atoms with Crippen molar-refractivity contribution in [2.75, 3.05) is 7.11 Å². The Balaban J connectivity index is 1.74. The molecule has 4 rings (SSSR count). The van der Waals surface area contributed by atoms with Gasteiger partial charge in [-0.2, -0.15) is 0 Å². The highest BCUT2D eigenvalue weighted by molar-refractivity contribution is 5.84. The number of methoxy groups -OCH3 is 1. The van der Waals surface area contributed by atoms with Crippen LogP contribution in [0.4, 0.5) is 0 Å². The molecule has 3 heteroatoms. The summed E-state index contributed by atoms with van der Waals surface area (Å²) in [5.41, 5.74) is 3.80. The second kappa shape index (κ2) is 5.12. The lowest BCUT2D eigenvalue weighted by molar-refractivity contribution is -0.168. The Labute approximate surface area is 137 Å². The fourth-order valence-corrected chi connectivity index (χ4v) is 5.33. The van der Waals surface area contributed by atoms with Gasteiger partial charge in [-0.15, -0.1) is 0 Å². The summed E-state index contributed by atoms with van der Waals surface area (Å²) in [6.45, 7) is 4.24. The van der Waals surface area contributed by atoms with E-state index in [0.29, 0.717) is 17.8 Å². The van der Waals surface area contributed by atoms with Gasteiger partial charge in [0.2, 0.25) is 0 Å². The van der Waals surface area contributed by atoms with E-state index in [2.05, 4.69) is 32.0 Å². The van der Waals surface area contributed by atoms with Crippen molar-refractivity contribution in [3.05, 3.63) is 41.0 Å². The molecule has 1 aromatic carbocycles. The van der Waals surface area contributed by atoms with Crippen LogP contribution in [0.1, 0.15) is 50.2 Å². The molecule has 1 aliphatic heterocycles. The van der Waals surface area contributed by atoms with Gasteiger partial charge in [0.25, 0.3) is 0 Å². The summed E-state index contributed by atoms with van der Waals surface area (Å²) in [6.07, 6.45) is 5.99. The van der Waals surface area contributed by atoms with Crippen molar-refractivity contribution in [2.45, 2.75) is 51.0 Å². The number of ether oxygens (including phenoxy) is 2. The number of carbonyl (C=O) groups is 1. The van der Waals surface area contributed by atoms with Crippen molar-refractivity contribution in [3.8, 4) is 5.75 Å². The molecule has 0 bridgehead atoms. The van der Waals surface area contributed by atoms with Crippen LogP contribution < -0.4 is 4.74 Å². The van der Waals surface area contributed by atoms with E-state index in [4.69, 9.17) is 9.47 Å². The van der Waals surface area contributed by atoms with Crippen LogP contribution in [0.25, 0.3) is 0 Å². The van der Waals surface area contributed by atoms with Crippen molar-refractivity contribution in [2.24, 2.45) is 11.8 Å². The van der Waals surface area contributed by atoms with E-state index in [1.54, 1.807) is 13.2 Å². The maximum atomic E-state index is 11.9. The Morgan fingerprint density at radius 3 is 2.91 bits per heavy atom. The predicted molar refractivity (Wildman–Crippen MR) is 88.5 cm³/mol. The van der Waals surface area contributed by atoms with E-state index in [1.807, 2.05) is 0 Å². The van der Waals surface area contributed by atoms with Crippen LogP contribution in [0.15, 0.2) is 29.8 Å². The molecule has 0 aromatic heterocycles. The lowest BCUT2D eigenvalue weighted by atomic mass is 9.56. The molecule has 122 valence electrons. The smallest absolute Gasteiger partial charge is 0.331 e. The van der Waals surface area contributed by atoms with Crippen LogP contribution in [-0.2, 0) is 16.0 Å². The fraction of sp³-hybridized carbons (Fsp3) is 0.550. The average molecular weight is 312 g/mol. The SMILES string of the molecule is COc1ccc2c(c1)CC[C@@H]1[C@@H]2CC[C@]2(C)OC(=O)C=C(C)[C@@H]12. The highest BCUT2D eigenvalue weighted by Crippen LogP contribution is 2.55. The first-order chi connectivity index (χ1) is 11.0. The Kier molecular flexibility index (Phi) is 3.29. The van der Waals surface area contributed by atoms with Crippen LogP contribution >= 0.6 is 0 Å². The van der Waals surface area contributed by atoms with Crippen molar-refractivity contribution in [3.63, 3.8) is 0 Å². The van der Waals surface area contributed by atoms with Gasteiger partial charge in [-0.05, 0) is 74.6 Å². The van der Waals surface area contributed by atoms with Gasteiger partial charge in [0, 0.05) is 12.0 Å². The zero-order chi connectivity index (χ0) is 16.2. The number of aryl methyl sites for hydroxylation is 1. The minimum absolute atomic E-state index is 0.166. The number of rotatable bonds is 1. The lowest BCUT2D eigenvalue weighted by Gasteiger charge is -2.52. The van der Waals surface area contributed by atoms with Crippen LogP contribution in [-0.4, -0.2) is 18.7 Å². The minimum atomic E-state index is -0.318. The van der Waals surface area contributed by atoms with Gasteiger partial charge in [-0.1, -0.05) is 11.6 Å². The van der Waals surface area contributed by atoms with Crippen molar-refractivity contribution in [1.29, 1.82) is 0 Å². The van der Waals surface area contributed by atoms with E-state index in [1.165, 1.54) is 16.7 Å². The predicted octanol–water partition coefficient (Wildman–Crippen LogP) is 4.01. The van der Waals surface area contributed by atoms with Crippen molar-refractivity contribution < 1.29 is 14.3 Å². The first-order valence-corrected chi connectivity index (χ1v) is 8.60. The van der Waals surface area contributed by atoms with Gasteiger partial charge in [-0.3, -0.25) is 0 Å². The summed E-state index contributed by atoms with van der Waals surface area (Å²) in [4.78, 5) is 11.9. The number of benzene rings is 1. The van der Waals surface area contributed by atoms with Gasteiger partial charge in [0.05, 0.1) is 7.11 Å². The normalized spacial score (nSPS) is 35.3. The lowest BCUT2D eigenvalue weighted by Crippen LogP contribution is -2.52. The van der Waals surface area contributed by atoms with Crippen LogP contribution in [0.2, 0.25) is 0 Å². The van der Waals surface area contributed by atoms with E-state index < -0.39 is 0 Å². The molecule has 3 aliphatic rings. The molecule has 2 aliphatic carbocycles. The summed E-state index contributed by atoms with van der Waals surface area (Å²) >= 11 is 0. The van der Waals surface area contributed by atoms with Gasteiger partial charge >= 0.3 is 5.97 Å². The van der Waals surface area contributed by atoms with Gasteiger partial charge < -0.3 is 9.47 Å². The summed E-state index contributed by atoms with van der Waals surface area (Å²) < 4.78 is 11.2. The summed E-state index contributed by atoms with van der Waals surface area (Å²) in [5.74, 6) is 2.28. The van der Waals surface area contributed by atoms with Gasteiger partial charge in [0.1, 0.15) is 11.4 Å². The monoisotopic (exact) mass is 312 g/mol. The van der Waals surface area contributed by atoms with E-state index in [-0.39, 0.29) is 11.6 Å². The topological polar surface area (TPSA) is 35.5 Å². The minimum Gasteiger partial charge on any atom is -0.497 e. The zero-order valence-corrected chi connectivity index (χ0v) is 14.1. The molecule has 0 spiro atoms. The summed E-state index contributed by atoms with van der Waals surface area (Å²) in [6, 6.07) is 6.53. The van der Waals surface area contributed by atoms with E-state index >= 15 is 0 Å². The molecule has 1 fully saturated rings. The summed E-state index contributed by atoms with van der Waals surface area (Å²) in [5, 5.41) is 0. The molecule has 0 radical (unpaired) electrons. The highest BCUT2D eigenvalue weighted by Gasteiger charge is 2.52. The molecule has 0 saturated heterocycles. The molecule has 0 unspecified atom stereocenters. The Morgan fingerprint density at radius 2 is 2.13 bits per heavy atom.